The van der Waals surface area contributed by atoms with Crippen LogP contribution < -0.4 is 0 Å². The van der Waals surface area contributed by atoms with Gasteiger partial charge in [-0.1, -0.05) is 55.2 Å². The predicted octanol–water partition coefficient (Wildman–Crippen LogP) is 3.43. The maximum absolute atomic E-state index is 11.1. The minimum Gasteiger partial charge on any atom is -0.377 e. The molecule has 2 aliphatic rings. The molecule has 0 bridgehead atoms. The van der Waals surface area contributed by atoms with Crippen molar-refractivity contribution in [2.75, 3.05) is 13.1 Å². The second-order valence-corrected chi connectivity index (χ2v) is 7.10. The second kappa shape index (κ2) is 5.67. The number of piperidine rings is 1. The fourth-order valence-corrected chi connectivity index (χ4v) is 4.11. The summed E-state index contributed by atoms with van der Waals surface area (Å²) < 4.78 is 0. The molecular weight excluding hydrogens is 282 g/mol. The molecule has 2 fully saturated rings. The van der Waals surface area contributed by atoms with E-state index in [-0.39, 0.29) is 5.92 Å². The van der Waals surface area contributed by atoms with E-state index in [1.807, 2.05) is 24.3 Å². The van der Waals surface area contributed by atoms with Gasteiger partial charge in [0.1, 0.15) is 5.60 Å². The van der Waals surface area contributed by atoms with Crippen molar-refractivity contribution in [2.45, 2.75) is 37.8 Å². The van der Waals surface area contributed by atoms with Crippen LogP contribution in [0.2, 0.25) is 0 Å². The van der Waals surface area contributed by atoms with Crippen LogP contribution in [0.3, 0.4) is 0 Å². The van der Waals surface area contributed by atoms with Crippen LogP contribution in [0.15, 0.2) is 42.5 Å². The molecule has 2 aliphatic heterocycles. The molecule has 2 heterocycles. The summed E-state index contributed by atoms with van der Waals surface area (Å²) in [6.45, 7) is 4.28. The lowest BCUT2D eigenvalue weighted by molar-refractivity contribution is -0.0348. The first-order valence-electron chi connectivity index (χ1n) is 8.63. The van der Waals surface area contributed by atoms with Crippen molar-refractivity contribution in [1.29, 1.82) is 0 Å². The van der Waals surface area contributed by atoms with E-state index < -0.39 is 5.60 Å². The summed E-state index contributed by atoms with van der Waals surface area (Å²) in [6, 6.07) is 15.0. The molecule has 2 aromatic rings. The second-order valence-electron chi connectivity index (χ2n) is 7.10. The molecule has 3 unspecified atom stereocenters. The van der Waals surface area contributed by atoms with Gasteiger partial charge in [-0.05, 0) is 36.2 Å². The first-order chi connectivity index (χ1) is 11.2. The molecule has 0 aliphatic carbocycles. The number of hydrogen-bond donors (Lipinski definition) is 1. The van der Waals surface area contributed by atoms with E-state index in [0.29, 0.717) is 6.04 Å². The van der Waals surface area contributed by atoms with Crippen LogP contribution in [0, 0.1) is 17.8 Å². The Morgan fingerprint density at radius 3 is 2.91 bits per heavy atom. The van der Waals surface area contributed by atoms with Crippen molar-refractivity contribution in [1.82, 2.24) is 4.90 Å². The van der Waals surface area contributed by atoms with Gasteiger partial charge in [-0.15, -0.1) is 0 Å². The minimum absolute atomic E-state index is 0.194. The Balaban J connectivity index is 1.68. The molecule has 2 nitrogen and oxygen atoms in total. The van der Waals surface area contributed by atoms with Gasteiger partial charge in [-0.3, -0.25) is 4.90 Å². The lowest BCUT2D eigenvalue weighted by Crippen LogP contribution is -2.52. The van der Waals surface area contributed by atoms with Gasteiger partial charge in [0.15, 0.2) is 0 Å². The zero-order valence-corrected chi connectivity index (χ0v) is 13.6. The fourth-order valence-electron chi connectivity index (χ4n) is 4.11. The average molecular weight is 305 g/mol. The molecule has 0 amide bonds. The van der Waals surface area contributed by atoms with Crippen LogP contribution in [0.4, 0.5) is 0 Å². The van der Waals surface area contributed by atoms with Crippen molar-refractivity contribution < 1.29 is 5.11 Å². The van der Waals surface area contributed by atoms with Gasteiger partial charge in [0, 0.05) is 30.5 Å². The molecular formula is C21H23NO. The Kier molecular flexibility index (Phi) is 3.64. The standard InChI is InChI=1S/C21H23NO/c1-16-15-22-13-5-9-19(22)14-21(16,23)12-11-18-8-4-7-17-6-2-3-10-20(17)18/h2-4,6-8,10,16,19,23H,5,9,13-15H2,1H3. The minimum atomic E-state index is -0.859. The van der Waals surface area contributed by atoms with Gasteiger partial charge in [0.2, 0.25) is 0 Å². The lowest BCUT2D eigenvalue weighted by atomic mass is 9.79. The Labute approximate surface area is 138 Å². The molecule has 2 aromatic carbocycles. The van der Waals surface area contributed by atoms with Gasteiger partial charge < -0.3 is 5.11 Å². The van der Waals surface area contributed by atoms with Crippen molar-refractivity contribution in [2.24, 2.45) is 5.92 Å². The van der Waals surface area contributed by atoms with Crippen LogP contribution in [-0.2, 0) is 0 Å². The molecule has 0 aromatic heterocycles. The van der Waals surface area contributed by atoms with Crippen LogP contribution in [-0.4, -0.2) is 34.7 Å². The Morgan fingerprint density at radius 1 is 1.17 bits per heavy atom. The van der Waals surface area contributed by atoms with Crippen molar-refractivity contribution >= 4 is 10.8 Å². The topological polar surface area (TPSA) is 23.5 Å². The maximum atomic E-state index is 11.1. The summed E-state index contributed by atoms with van der Waals surface area (Å²) in [5.41, 5.74) is 0.153. The number of benzene rings is 2. The third kappa shape index (κ3) is 2.65. The molecule has 3 atom stereocenters. The average Bonchev–Trinajstić information content (AvgIpc) is 3.00. The zero-order chi connectivity index (χ0) is 15.9. The van der Waals surface area contributed by atoms with Gasteiger partial charge in [0.05, 0.1) is 0 Å². The molecule has 23 heavy (non-hydrogen) atoms. The number of aliphatic hydroxyl groups is 1. The molecule has 2 saturated heterocycles. The van der Waals surface area contributed by atoms with Gasteiger partial charge in [0.25, 0.3) is 0 Å². The van der Waals surface area contributed by atoms with Crippen molar-refractivity contribution in [3.8, 4) is 11.8 Å². The summed E-state index contributed by atoms with van der Waals surface area (Å²) in [6.07, 6.45) is 3.24. The molecule has 0 radical (unpaired) electrons. The number of fused-ring (bicyclic) bond motifs is 2. The summed E-state index contributed by atoms with van der Waals surface area (Å²) in [5.74, 6) is 6.73. The van der Waals surface area contributed by atoms with Crippen molar-refractivity contribution in [3.05, 3.63) is 48.0 Å². The summed E-state index contributed by atoms with van der Waals surface area (Å²) in [4.78, 5) is 2.53. The SMILES string of the molecule is CC1CN2CCCC2CC1(O)C#Cc1cccc2ccccc12. The summed E-state index contributed by atoms with van der Waals surface area (Å²) in [5, 5.41) is 13.5. The highest BCUT2D eigenvalue weighted by atomic mass is 16.3. The monoisotopic (exact) mass is 305 g/mol. The van der Waals surface area contributed by atoms with Gasteiger partial charge >= 0.3 is 0 Å². The number of nitrogens with zero attached hydrogens (tertiary/aromatic N) is 1. The Hall–Kier alpha value is -1.82. The molecule has 118 valence electrons. The third-order valence-electron chi connectivity index (χ3n) is 5.57. The molecule has 0 spiro atoms. The molecule has 2 heteroatoms. The summed E-state index contributed by atoms with van der Waals surface area (Å²) in [7, 11) is 0. The normalized spacial score (nSPS) is 30.7. The lowest BCUT2D eigenvalue weighted by Gasteiger charge is -2.42. The Morgan fingerprint density at radius 2 is 2.00 bits per heavy atom. The van der Waals surface area contributed by atoms with E-state index in [4.69, 9.17) is 0 Å². The van der Waals surface area contributed by atoms with Crippen LogP contribution >= 0.6 is 0 Å². The van der Waals surface area contributed by atoms with Gasteiger partial charge in [-0.25, -0.2) is 0 Å². The Bertz CT molecular complexity index is 782. The third-order valence-corrected chi connectivity index (χ3v) is 5.57. The largest absolute Gasteiger partial charge is 0.377 e. The highest BCUT2D eigenvalue weighted by Crippen LogP contribution is 2.36. The highest BCUT2D eigenvalue weighted by Gasteiger charge is 2.44. The summed E-state index contributed by atoms with van der Waals surface area (Å²) >= 11 is 0. The van der Waals surface area contributed by atoms with E-state index in [2.05, 4.69) is 41.9 Å². The van der Waals surface area contributed by atoms with E-state index in [9.17, 15) is 5.11 Å². The van der Waals surface area contributed by atoms with Crippen molar-refractivity contribution in [3.63, 3.8) is 0 Å². The zero-order valence-electron chi connectivity index (χ0n) is 13.6. The number of hydrogen-bond acceptors (Lipinski definition) is 2. The first-order valence-corrected chi connectivity index (χ1v) is 8.63. The molecule has 4 rings (SSSR count). The smallest absolute Gasteiger partial charge is 0.131 e. The molecule has 0 saturated carbocycles. The first kappa shape index (κ1) is 14.8. The van der Waals surface area contributed by atoms with E-state index >= 15 is 0 Å². The van der Waals surface area contributed by atoms with E-state index in [1.54, 1.807) is 0 Å². The quantitative estimate of drug-likeness (QED) is 0.754. The fraction of sp³-hybridized carbons (Fsp3) is 0.429. The molecule has 1 N–H and O–H groups in total. The predicted molar refractivity (Wildman–Crippen MR) is 94.2 cm³/mol. The maximum Gasteiger partial charge on any atom is 0.131 e. The van der Waals surface area contributed by atoms with Crippen LogP contribution in [0.25, 0.3) is 10.8 Å². The van der Waals surface area contributed by atoms with Crippen LogP contribution in [0.1, 0.15) is 31.7 Å². The highest BCUT2D eigenvalue weighted by molar-refractivity contribution is 5.88. The van der Waals surface area contributed by atoms with E-state index in [1.165, 1.54) is 24.8 Å². The van der Waals surface area contributed by atoms with Crippen LogP contribution in [0.5, 0.6) is 0 Å². The van der Waals surface area contributed by atoms with E-state index in [0.717, 1.165) is 23.9 Å². The van der Waals surface area contributed by atoms with Gasteiger partial charge in [-0.2, -0.15) is 0 Å². The number of rotatable bonds is 0.